The van der Waals surface area contributed by atoms with Gasteiger partial charge in [-0.05, 0) is 12.8 Å². The van der Waals surface area contributed by atoms with E-state index in [1.807, 2.05) is 11.9 Å². The van der Waals surface area contributed by atoms with Crippen LogP contribution in [0.15, 0.2) is 12.5 Å². The number of aromatic nitrogens is 2. The van der Waals surface area contributed by atoms with Gasteiger partial charge in [0.2, 0.25) is 5.91 Å². The van der Waals surface area contributed by atoms with Gasteiger partial charge in [0.1, 0.15) is 0 Å². The number of likely N-dealkylation sites (tertiary alicyclic amines) is 1. The molecule has 0 N–H and O–H groups in total. The molecule has 1 aromatic heterocycles. The lowest BCUT2D eigenvalue weighted by Crippen LogP contribution is -2.34. The largest absolute Gasteiger partial charge is 0.341 e. The first kappa shape index (κ1) is 12.4. The number of hydrogen-bond acceptors (Lipinski definition) is 2. The Morgan fingerprint density at radius 1 is 1.35 bits per heavy atom. The van der Waals surface area contributed by atoms with Crippen LogP contribution in [0.1, 0.15) is 36.8 Å². The molecule has 1 saturated heterocycles. The molecule has 2 rings (SSSR count). The van der Waals surface area contributed by atoms with Gasteiger partial charge in [-0.2, -0.15) is 0 Å². The van der Waals surface area contributed by atoms with Crippen molar-refractivity contribution in [2.75, 3.05) is 13.1 Å². The van der Waals surface area contributed by atoms with Crippen molar-refractivity contribution in [3.63, 3.8) is 0 Å². The molecule has 17 heavy (non-hydrogen) atoms. The number of aryl methyl sites for hydroxylation is 1. The topological polar surface area (TPSA) is 38.1 Å². The molecule has 1 aliphatic heterocycles. The van der Waals surface area contributed by atoms with Crippen molar-refractivity contribution >= 4 is 17.5 Å². The van der Waals surface area contributed by atoms with Gasteiger partial charge in [0.15, 0.2) is 5.38 Å². The maximum atomic E-state index is 12.3. The van der Waals surface area contributed by atoms with Crippen molar-refractivity contribution in [2.45, 2.75) is 31.1 Å². The molecule has 0 radical (unpaired) electrons. The quantitative estimate of drug-likeness (QED) is 0.759. The molecule has 1 amide bonds. The summed E-state index contributed by atoms with van der Waals surface area (Å²) in [5.41, 5.74) is 0.765. The smallest absolute Gasteiger partial charge is 0.246 e. The Labute approximate surface area is 107 Å². The summed E-state index contributed by atoms with van der Waals surface area (Å²) in [4.78, 5) is 18.1. The van der Waals surface area contributed by atoms with Crippen LogP contribution in [0.25, 0.3) is 0 Å². The van der Waals surface area contributed by atoms with Gasteiger partial charge < -0.3 is 9.47 Å². The van der Waals surface area contributed by atoms with Crippen LogP contribution in [0, 0.1) is 0 Å². The third kappa shape index (κ3) is 2.80. The fourth-order valence-electron chi connectivity index (χ4n) is 2.19. The summed E-state index contributed by atoms with van der Waals surface area (Å²) in [6.45, 7) is 1.67. The van der Waals surface area contributed by atoms with E-state index in [0.717, 1.165) is 31.6 Å². The highest BCUT2D eigenvalue weighted by molar-refractivity contribution is 6.30. The first-order valence-corrected chi connectivity index (χ1v) is 6.53. The minimum Gasteiger partial charge on any atom is -0.341 e. The molecule has 94 valence electrons. The molecule has 5 heteroatoms. The van der Waals surface area contributed by atoms with Crippen LogP contribution in [-0.4, -0.2) is 33.4 Å². The van der Waals surface area contributed by atoms with E-state index in [1.54, 1.807) is 17.1 Å². The highest BCUT2D eigenvalue weighted by Gasteiger charge is 2.26. The van der Waals surface area contributed by atoms with Gasteiger partial charge in [-0.15, -0.1) is 11.6 Å². The van der Waals surface area contributed by atoms with E-state index in [0.29, 0.717) is 0 Å². The first-order valence-electron chi connectivity index (χ1n) is 6.09. The predicted molar refractivity (Wildman–Crippen MR) is 66.9 cm³/mol. The fraction of sp³-hybridized carbons (Fsp3) is 0.667. The van der Waals surface area contributed by atoms with Gasteiger partial charge in [0, 0.05) is 20.1 Å². The normalized spacial score (nSPS) is 18.8. The fourth-order valence-corrected chi connectivity index (χ4v) is 2.54. The molecule has 1 unspecified atom stereocenters. The predicted octanol–water partition coefficient (Wildman–Crippen LogP) is 2.10. The molecule has 0 bridgehead atoms. The van der Waals surface area contributed by atoms with Crippen molar-refractivity contribution < 1.29 is 4.79 Å². The lowest BCUT2D eigenvalue weighted by Gasteiger charge is -2.23. The molecule has 1 atom stereocenters. The summed E-state index contributed by atoms with van der Waals surface area (Å²) in [5, 5.41) is -0.611. The van der Waals surface area contributed by atoms with Crippen molar-refractivity contribution in [2.24, 2.45) is 7.05 Å². The van der Waals surface area contributed by atoms with Gasteiger partial charge in [0.05, 0.1) is 18.2 Å². The maximum absolute atomic E-state index is 12.3. The zero-order valence-electron chi connectivity index (χ0n) is 10.1. The summed E-state index contributed by atoms with van der Waals surface area (Å²) in [7, 11) is 1.85. The summed E-state index contributed by atoms with van der Waals surface area (Å²) in [5.74, 6) is 0.0113. The third-order valence-corrected chi connectivity index (χ3v) is 3.66. The molecule has 1 aromatic rings. The number of imidazole rings is 1. The van der Waals surface area contributed by atoms with Crippen LogP contribution in [0.5, 0.6) is 0 Å². The molecule has 0 spiro atoms. The number of nitrogens with zero attached hydrogens (tertiary/aromatic N) is 3. The molecular formula is C12H18ClN3O. The standard InChI is InChI=1S/C12H18ClN3O/c1-15-9-14-8-10(15)11(13)12(17)16-6-4-2-3-5-7-16/h8-9,11H,2-7H2,1H3. The number of carbonyl (C=O) groups is 1. The van der Waals surface area contributed by atoms with Crippen molar-refractivity contribution in [1.82, 2.24) is 14.5 Å². The van der Waals surface area contributed by atoms with Gasteiger partial charge in [-0.1, -0.05) is 12.8 Å². The summed E-state index contributed by atoms with van der Waals surface area (Å²) in [6, 6.07) is 0. The minimum atomic E-state index is -0.611. The van der Waals surface area contributed by atoms with Gasteiger partial charge in [-0.25, -0.2) is 4.98 Å². The summed E-state index contributed by atoms with van der Waals surface area (Å²) < 4.78 is 1.80. The molecule has 0 aromatic carbocycles. The van der Waals surface area contributed by atoms with E-state index in [9.17, 15) is 4.79 Å². The average Bonchev–Trinajstić information content (AvgIpc) is 2.60. The zero-order valence-corrected chi connectivity index (χ0v) is 10.9. The third-order valence-electron chi connectivity index (χ3n) is 3.25. The number of alkyl halides is 1. The second-order valence-electron chi connectivity index (χ2n) is 4.53. The van der Waals surface area contributed by atoms with Crippen LogP contribution in [0.2, 0.25) is 0 Å². The number of hydrogen-bond donors (Lipinski definition) is 0. The highest BCUT2D eigenvalue weighted by atomic mass is 35.5. The molecule has 4 nitrogen and oxygen atoms in total. The Morgan fingerprint density at radius 3 is 2.53 bits per heavy atom. The second kappa shape index (κ2) is 5.54. The Balaban J connectivity index is 2.06. The van der Waals surface area contributed by atoms with Crippen LogP contribution in [-0.2, 0) is 11.8 Å². The van der Waals surface area contributed by atoms with Crippen LogP contribution in [0.4, 0.5) is 0 Å². The van der Waals surface area contributed by atoms with E-state index in [2.05, 4.69) is 4.98 Å². The van der Waals surface area contributed by atoms with Crippen molar-refractivity contribution in [3.8, 4) is 0 Å². The number of rotatable bonds is 2. The highest BCUT2D eigenvalue weighted by Crippen LogP contribution is 2.23. The molecule has 0 saturated carbocycles. The monoisotopic (exact) mass is 255 g/mol. The zero-order chi connectivity index (χ0) is 12.3. The number of carbonyl (C=O) groups excluding carboxylic acids is 1. The number of amides is 1. The van der Waals surface area contributed by atoms with Crippen LogP contribution < -0.4 is 0 Å². The lowest BCUT2D eigenvalue weighted by molar-refractivity contribution is -0.131. The van der Waals surface area contributed by atoms with Gasteiger partial charge in [0.25, 0.3) is 0 Å². The van der Waals surface area contributed by atoms with Crippen LogP contribution in [0.3, 0.4) is 0 Å². The molecule has 0 aliphatic carbocycles. The second-order valence-corrected chi connectivity index (χ2v) is 4.97. The maximum Gasteiger partial charge on any atom is 0.246 e. The minimum absolute atomic E-state index is 0.0113. The van der Waals surface area contributed by atoms with E-state index < -0.39 is 5.38 Å². The molecule has 2 heterocycles. The first-order chi connectivity index (χ1) is 8.20. The van der Waals surface area contributed by atoms with Gasteiger partial charge in [-0.3, -0.25) is 4.79 Å². The average molecular weight is 256 g/mol. The van der Waals surface area contributed by atoms with Crippen LogP contribution >= 0.6 is 11.6 Å². The lowest BCUT2D eigenvalue weighted by atomic mass is 10.2. The molecule has 1 aliphatic rings. The summed E-state index contributed by atoms with van der Waals surface area (Å²) in [6.07, 6.45) is 7.92. The van der Waals surface area contributed by atoms with E-state index in [-0.39, 0.29) is 5.91 Å². The van der Waals surface area contributed by atoms with Crippen molar-refractivity contribution in [3.05, 3.63) is 18.2 Å². The molecule has 1 fully saturated rings. The summed E-state index contributed by atoms with van der Waals surface area (Å²) >= 11 is 6.24. The van der Waals surface area contributed by atoms with Crippen molar-refractivity contribution in [1.29, 1.82) is 0 Å². The molecular weight excluding hydrogens is 238 g/mol. The van der Waals surface area contributed by atoms with E-state index >= 15 is 0 Å². The number of halogens is 1. The SMILES string of the molecule is Cn1cncc1C(Cl)C(=O)N1CCCCCC1. The Kier molecular flexibility index (Phi) is 4.05. The van der Waals surface area contributed by atoms with Gasteiger partial charge >= 0.3 is 0 Å². The van der Waals surface area contributed by atoms with E-state index in [1.165, 1.54) is 12.8 Å². The Bertz CT molecular complexity index is 383. The Morgan fingerprint density at radius 2 is 2.00 bits per heavy atom. The van der Waals surface area contributed by atoms with E-state index in [4.69, 9.17) is 11.6 Å². The Hall–Kier alpha value is -1.03.